The van der Waals surface area contributed by atoms with Gasteiger partial charge in [0, 0.05) is 6.07 Å². The van der Waals surface area contributed by atoms with Crippen LogP contribution in [0.4, 0.5) is 8.78 Å². The van der Waals surface area contributed by atoms with Gasteiger partial charge in [0.15, 0.2) is 0 Å². The molecule has 0 aliphatic heterocycles. The molecule has 0 atom stereocenters. The van der Waals surface area contributed by atoms with Gasteiger partial charge in [-0.3, -0.25) is 4.79 Å². The Labute approximate surface area is 72.2 Å². The van der Waals surface area contributed by atoms with E-state index in [1.807, 2.05) is 0 Å². The van der Waals surface area contributed by atoms with Crippen LogP contribution in [0.5, 0.6) is 11.5 Å². The van der Waals surface area contributed by atoms with Crippen molar-refractivity contribution in [3.63, 3.8) is 0 Å². The van der Waals surface area contributed by atoms with Gasteiger partial charge in [0.05, 0.1) is 5.56 Å². The van der Waals surface area contributed by atoms with Crippen molar-refractivity contribution in [1.29, 1.82) is 0 Å². The number of Topliss-reactive ketones (excluding diaryl/α,β-unsaturated/α-hetero) is 1. The van der Waals surface area contributed by atoms with Gasteiger partial charge < -0.3 is 10.2 Å². The minimum atomic E-state index is -3.16. The fourth-order valence-corrected chi connectivity index (χ4v) is 0.846. The third kappa shape index (κ3) is 1.93. The molecule has 0 amide bonds. The summed E-state index contributed by atoms with van der Waals surface area (Å²) in [5.74, 6) is -2.40. The Kier molecular flexibility index (Phi) is 2.46. The molecule has 3 nitrogen and oxygen atoms in total. The Bertz CT molecular complexity index is 336. The number of phenols is 2. The molecule has 0 bridgehead atoms. The fraction of sp³-hybridized carbons (Fsp3) is 0.125. The molecule has 0 radical (unpaired) electrons. The average Bonchev–Trinajstić information content (AvgIpc) is 2.03. The molecule has 0 aliphatic carbocycles. The first-order valence-corrected chi connectivity index (χ1v) is 3.36. The average molecular weight is 188 g/mol. The predicted octanol–water partition coefficient (Wildman–Crippen LogP) is 1.55. The van der Waals surface area contributed by atoms with Crippen LogP contribution < -0.4 is 0 Å². The monoisotopic (exact) mass is 188 g/mol. The minimum Gasteiger partial charge on any atom is -0.508 e. The second-order valence-corrected chi connectivity index (χ2v) is 2.37. The third-order valence-corrected chi connectivity index (χ3v) is 1.44. The normalized spacial score (nSPS) is 10.4. The maximum absolute atomic E-state index is 11.9. The van der Waals surface area contributed by atoms with Gasteiger partial charge in [-0.2, -0.15) is 0 Å². The molecule has 1 aromatic rings. The van der Waals surface area contributed by atoms with Crippen LogP contribution in [0.15, 0.2) is 18.2 Å². The first-order valence-electron chi connectivity index (χ1n) is 3.36. The quantitative estimate of drug-likeness (QED) is 0.692. The van der Waals surface area contributed by atoms with Crippen LogP contribution in [0.2, 0.25) is 0 Å². The number of aromatic hydroxyl groups is 2. The van der Waals surface area contributed by atoms with E-state index in [1.54, 1.807) is 0 Å². The van der Waals surface area contributed by atoms with E-state index in [-0.39, 0.29) is 5.75 Å². The minimum absolute atomic E-state index is 0.289. The van der Waals surface area contributed by atoms with Gasteiger partial charge in [-0.1, -0.05) is 0 Å². The second-order valence-electron chi connectivity index (χ2n) is 2.37. The maximum Gasteiger partial charge on any atom is 0.300 e. The van der Waals surface area contributed by atoms with E-state index in [0.29, 0.717) is 0 Å². The second kappa shape index (κ2) is 3.38. The molecule has 5 heteroatoms. The van der Waals surface area contributed by atoms with Crippen molar-refractivity contribution in [3.8, 4) is 11.5 Å². The smallest absolute Gasteiger partial charge is 0.300 e. The van der Waals surface area contributed by atoms with E-state index in [4.69, 9.17) is 10.2 Å². The molecule has 1 rings (SSSR count). The Morgan fingerprint density at radius 1 is 1.31 bits per heavy atom. The van der Waals surface area contributed by atoms with E-state index in [0.717, 1.165) is 18.2 Å². The van der Waals surface area contributed by atoms with Crippen LogP contribution in [0.25, 0.3) is 0 Å². The Morgan fingerprint density at radius 2 is 1.92 bits per heavy atom. The van der Waals surface area contributed by atoms with Crippen molar-refractivity contribution in [2.45, 2.75) is 6.43 Å². The summed E-state index contributed by atoms with van der Waals surface area (Å²) in [6, 6.07) is 2.82. The molecule has 0 spiro atoms. The van der Waals surface area contributed by atoms with Crippen molar-refractivity contribution in [3.05, 3.63) is 23.8 Å². The number of benzene rings is 1. The number of ketones is 1. The Morgan fingerprint density at radius 3 is 2.38 bits per heavy atom. The number of phenolic OH excluding ortho intramolecular Hbond substituents is 2. The van der Waals surface area contributed by atoms with Gasteiger partial charge in [0.1, 0.15) is 11.5 Å². The molecule has 0 heterocycles. The molecule has 0 saturated carbocycles. The zero-order valence-corrected chi connectivity index (χ0v) is 6.37. The summed E-state index contributed by atoms with van der Waals surface area (Å²) in [4.78, 5) is 10.7. The van der Waals surface area contributed by atoms with Gasteiger partial charge in [-0.25, -0.2) is 8.78 Å². The summed E-state index contributed by atoms with van der Waals surface area (Å²) >= 11 is 0. The number of hydrogen-bond donors (Lipinski definition) is 2. The Hall–Kier alpha value is -1.65. The molecular weight excluding hydrogens is 182 g/mol. The van der Waals surface area contributed by atoms with Crippen molar-refractivity contribution in [2.75, 3.05) is 0 Å². The summed E-state index contributed by atoms with van der Waals surface area (Å²) in [6.45, 7) is 0. The number of alkyl halides is 2. The van der Waals surface area contributed by atoms with Crippen LogP contribution in [-0.4, -0.2) is 22.4 Å². The van der Waals surface area contributed by atoms with Gasteiger partial charge in [-0.15, -0.1) is 0 Å². The lowest BCUT2D eigenvalue weighted by Crippen LogP contribution is -2.10. The molecule has 0 aromatic heterocycles. The lowest BCUT2D eigenvalue weighted by atomic mass is 10.1. The zero-order valence-electron chi connectivity index (χ0n) is 6.37. The molecule has 1 aromatic carbocycles. The highest BCUT2D eigenvalue weighted by Crippen LogP contribution is 2.24. The van der Waals surface area contributed by atoms with Gasteiger partial charge in [-0.05, 0) is 12.1 Å². The van der Waals surface area contributed by atoms with Gasteiger partial charge in [0.25, 0.3) is 0 Å². The number of halogens is 2. The van der Waals surface area contributed by atoms with E-state index < -0.39 is 23.5 Å². The summed E-state index contributed by atoms with van der Waals surface area (Å²) in [5.41, 5.74) is -0.493. The highest BCUT2D eigenvalue weighted by Gasteiger charge is 2.20. The summed E-state index contributed by atoms with van der Waals surface area (Å²) < 4.78 is 23.7. The van der Waals surface area contributed by atoms with E-state index in [2.05, 4.69) is 0 Å². The summed E-state index contributed by atoms with van der Waals surface area (Å²) in [7, 11) is 0. The van der Waals surface area contributed by atoms with Crippen LogP contribution in [0.3, 0.4) is 0 Å². The first-order chi connectivity index (χ1) is 6.02. The Balaban J connectivity index is 3.09. The number of carbonyl (C=O) groups is 1. The van der Waals surface area contributed by atoms with E-state index in [1.165, 1.54) is 0 Å². The molecule has 0 unspecified atom stereocenters. The van der Waals surface area contributed by atoms with Gasteiger partial charge in [0.2, 0.25) is 5.78 Å². The first kappa shape index (κ1) is 9.44. The highest BCUT2D eigenvalue weighted by atomic mass is 19.3. The van der Waals surface area contributed by atoms with Crippen molar-refractivity contribution in [2.24, 2.45) is 0 Å². The van der Waals surface area contributed by atoms with Crippen molar-refractivity contribution >= 4 is 5.78 Å². The third-order valence-electron chi connectivity index (χ3n) is 1.44. The highest BCUT2D eigenvalue weighted by molar-refractivity contribution is 6.00. The van der Waals surface area contributed by atoms with Crippen molar-refractivity contribution < 1.29 is 23.8 Å². The fourth-order valence-electron chi connectivity index (χ4n) is 0.846. The summed E-state index contributed by atoms with van der Waals surface area (Å²) in [5, 5.41) is 17.8. The van der Waals surface area contributed by atoms with Crippen LogP contribution in [-0.2, 0) is 0 Å². The van der Waals surface area contributed by atoms with Crippen LogP contribution >= 0.6 is 0 Å². The lowest BCUT2D eigenvalue weighted by molar-refractivity contribution is 0.0675. The van der Waals surface area contributed by atoms with Gasteiger partial charge >= 0.3 is 6.43 Å². The molecule has 70 valence electrons. The predicted molar refractivity (Wildman–Crippen MR) is 40.1 cm³/mol. The number of hydrogen-bond acceptors (Lipinski definition) is 3. The molecule has 0 aliphatic rings. The molecule has 0 saturated heterocycles. The molecule has 13 heavy (non-hydrogen) atoms. The lowest BCUT2D eigenvalue weighted by Gasteiger charge is -2.02. The standard InChI is InChI=1S/C8H6F2O3/c9-8(10)7(13)5-2-1-4(11)3-6(5)12/h1-3,8,11-12H. The SMILES string of the molecule is O=C(c1ccc(O)cc1O)C(F)F. The molecule has 0 fully saturated rings. The molecular formula is C8H6F2O3. The maximum atomic E-state index is 11.9. The number of carbonyl (C=O) groups excluding carboxylic acids is 1. The largest absolute Gasteiger partial charge is 0.508 e. The van der Waals surface area contributed by atoms with Crippen LogP contribution in [0.1, 0.15) is 10.4 Å². The topological polar surface area (TPSA) is 57.5 Å². The zero-order chi connectivity index (χ0) is 10.0. The van der Waals surface area contributed by atoms with Crippen LogP contribution in [0, 0.1) is 0 Å². The van der Waals surface area contributed by atoms with E-state index in [9.17, 15) is 13.6 Å². The summed E-state index contributed by atoms with van der Waals surface area (Å²) in [6.07, 6.45) is -3.16. The number of rotatable bonds is 2. The molecule has 2 N–H and O–H groups in total. The van der Waals surface area contributed by atoms with Crippen molar-refractivity contribution in [1.82, 2.24) is 0 Å². The van der Waals surface area contributed by atoms with E-state index >= 15 is 0 Å².